The minimum atomic E-state index is 0.162. The Kier molecular flexibility index (Phi) is 5.40. The van der Waals surface area contributed by atoms with E-state index in [1.54, 1.807) is 10.9 Å². The zero-order valence-corrected chi connectivity index (χ0v) is 18.6. The number of hydrogen-bond acceptors (Lipinski definition) is 7. The molecule has 0 atom stereocenters. The molecule has 10 nitrogen and oxygen atoms in total. The molecule has 0 spiro atoms. The molecule has 0 unspecified atom stereocenters. The zero-order valence-electron chi connectivity index (χ0n) is 18.6. The predicted molar refractivity (Wildman–Crippen MR) is 120 cm³/mol. The number of nitrogens with one attached hydrogen (secondary N) is 1. The molecule has 5 rings (SSSR count). The highest BCUT2D eigenvalue weighted by Gasteiger charge is 2.31. The number of imidazole rings is 1. The summed E-state index contributed by atoms with van der Waals surface area (Å²) in [7, 11) is 3.85. The van der Waals surface area contributed by atoms with Gasteiger partial charge in [-0.3, -0.25) is 4.68 Å². The highest BCUT2D eigenvalue weighted by atomic mass is 16.5. The van der Waals surface area contributed by atoms with Crippen LogP contribution in [0.3, 0.4) is 0 Å². The molecule has 1 aliphatic rings. The number of aromatic nitrogens is 7. The van der Waals surface area contributed by atoms with Gasteiger partial charge in [0.05, 0.1) is 11.8 Å². The third-order valence-corrected chi connectivity index (χ3v) is 5.99. The van der Waals surface area contributed by atoms with Crippen molar-refractivity contribution < 1.29 is 9.84 Å². The first-order valence-electron chi connectivity index (χ1n) is 10.9. The molecular formula is C22H28N8O2. The van der Waals surface area contributed by atoms with Crippen molar-refractivity contribution in [2.24, 2.45) is 14.1 Å². The van der Waals surface area contributed by atoms with Crippen LogP contribution in [0.1, 0.15) is 24.8 Å². The topological polar surface area (TPSA) is 107 Å². The molecule has 0 amide bonds. The van der Waals surface area contributed by atoms with Crippen LogP contribution in [-0.2, 0) is 18.8 Å². The standard InChI is InChI=1S/C22H28N8O2/c1-14-17(18-5-7-29(3)26-18)13-30-19(14)20(24-15-11-16(12-15)32-10-4-9-31)25-21(27-30)22-23-6-8-28(22)2/h5-8,13,15-16,31H,4,9-12H2,1-3H3,(H,24,25,27). The number of nitrogens with zero attached hydrogens (tertiary/aromatic N) is 7. The summed E-state index contributed by atoms with van der Waals surface area (Å²) in [4.78, 5) is 9.31. The van der Waals surface area contributed by atoms with Crippen LogP contribution in [-0.4, -0.2) is 64.4 Å². The summed E-state index contributed by atoms with van der Waals surface area (Å²) in [6.07, 6.45) is 10.3. The highest BCUT2D eigenvalue weighted by Crippen LogP contribution is 2.33. The van der Waals surface area contributed by atoms with Gasteiger partial charge >= 0.3 is 0 Å². The largest absolute Gasteiger partial charge is 0.396 e. The second kappa shape index (κ2) is 8.36. The molecule has 32 heavy (non-hydrogen) atoms. The molecule has 4 heterocycles. The summed E-state index contributed by atoms with van der Waals surface area (Å²) in [5, 5.41) is 21.9. The molecule has 1 fully saturated rings. The van der Waals surface area contributed by atoms with Gasteiger partial charge in [-0.15, -0.1) is 5.10 Å². The van der Waals surface area contributed by atoms with E-state index in [1.165, 1.54) is 0 Å². The smallest absolute Gasteiger partial charge is 0.218 e. The summed E-state index contributed by atoms with van der Waals surface area (Å²) in [5.74, 6) is 2.06. The van der Waals surface area contributed by atoms with Crippen molar-refractivity contribution in [1.82, 2.24) is 33.9 Å². The van der Waals surface area contributed by atoms with Gasteiger partial charge < -0.3 is 19.7 Å². The van der Waals surface area contributed by atoms with Gasteiger partial charge in [0, 0.05) is 63.7 Å². The third kappa shape index (κ3) is 3.76. The highest BCUT2D eigenvalue weighted by molar-refractivity contribution is 5.82. The zero-order chi connectivity index (χ0) is 22.2. The number of rotatable bonds is 8. The van der Waals surface area contributed by atoms with Gasteiger partial charge in [-0.25, -0.2) is 14.5 Å². The van der Waals surface area contributed by atoms with Crippen LogP contribution >= 0.6 is 0 Å². The predicted octanol–water partition coefficient (Wildman–Crippen LogP) is 2.18. The maximum atomic E-state index is 8.93. The van der Waals surface area contributed by atoms with Gasteiger partial charge in [-0.2, -0.15) is 5.10 Å². The second-order valence-electron chi connectivity index (χ2n) is 8.36. The Hall–Kier alpha value is -3.24. The number of aliphatic hydroxyl groups is 1. The lowest BCUT2D eigenvalue weighted by atomic mass is 9.89. The fourth-order valence-electron chi connectivity index (χ4n) is 4.15. The SMILES string of the molecule is Cc1c(-c2ccn(C)n2)cn2nc(-c3nccn3C)nc(NC3CC(OCCCO)C3)c12. The Labute approximate surface area is 185 Å². The van der Waals surface area contributed by atoms with Crippen LogP contribution in [0, 0.1) is 6.92 Å². The van der Waals surface area contributed by atoms with Crippen LogP contribution in [0.15, 0.2) is 30.9 Å². The first-order valence-corrected chi connectivity index (χ1v) is 10.9. The normalized spacial score (nSPS) is 18.2. The van der Waals surface area contributed by atoms with E-state index < -0.39 is 0 Å². The van der Waals surface area contributed by atoms with Crippen LogP contribution in [0.5, 0.6) is 0 Å². The molecule has 2 N–H and O–H groups in total. The average Bonchev–Trinajstić information content (AvgIpc) is 3.44. The van der Waals surface area contributed by atoms with Crippen molar-refractivity contribution in [3.8, 4) is 22.9 Å². The van der Waals surface area contributed by atoms with E-state index in [4.69, 9.17) is 19.9 Å². The molecule has 0 bridgehead atoms. The Morgan fingerprint density at radius 1 is 1.22 bits per heavy atom. The van der Waals surface area contributed by atoms with Crippen molar-refractivity contribution in [3.05, 3.63) is 36.4 Å². The van der Waals surface area contributed by atoms with E-state index in [0.29, 0.717) is 24.7 Å². The van der Waals surface area contributed by atoms with Crippen LogP contribution in [0.4, 0.5) is 5.82 Å². The maximum absolute atomic E-state index is 8.93. The van der Waals surface area contributed by atoms with Crippen molar-refractivity contribution >= 4 is 11.3 Å². The van der Waals surface area contributed by atoms with E-state index in [-0.39, 0.29) is 18.8 Å². The van der Waals surface area contributed by atoms with Crippen LogP contribution in [0.25, 0.3) is 28.4 Å². The number of aryl methyl sites for hydroxylation is 3. The number of hydrogen-bond donors (Lipinski definition) is 2. The van der Waals surface area contributed by atoms with E-state index in [9.17, 15) is 0 Å². The lowest BCUT2D eigenvalue weighted by Gasteiger charge is -2.36. The lowest BCUT2D eigenvalue weighted by molar-refractivity contribution is -0.00944. The number of fused-ring (bicyclic) bond motifs is 1. The van der Waals surface area contributed by atoms with Crippen molar-refractivity contribution in [2.75, 3.05) is 18.5 Å². The van der Waals surface area contributed by atoms with Gasteiger partial charge in [-0.1, -0.05) is 0 Å². The van der Waals surface area contributed by atoms with E-state index in [1.807, 2.05) is 47.8 Å². The van der Waals surface area contributed by atoms with Crippen molar-refractivity contribution in [3.63, 3.8) is 0 Å². The van der Waals surface area contributed by atoms with Crippen LogP contribution in [0.2, 0.25) is 0 Å². The summed E-state index contributed by atoms with van der Waals surface area (Å²) in [6, 6.07) is 2.28. The van der Waals surface area contributed by atoms with E-state index in [0.717, 1.165) is 41.0 Å². The van der Waals surface area contributed by atoms with Crippen molar-refractivity contribution in [1.29, 1.82) is 0 Å². The molecule has 0 aliphatic heterocycles. The molecule has 0 saturated heterocycles. The fourth-order valence-corrected chi connectivity index (χ4v) is 4.15. The molecule has 1 aliphatic carbocycles. The summed E-state index contributed by atoms with van der Waals surface area (Å²) < 4.78 is 11.4. The van der Waals surface area contributed by atoms with E-state index >= 15 is 0 Å². The van der Waals surface area contributed by atoms with Gasteiger partial charge in [0.1, 0.15) is 5.52 Å². The van der Waals surface area contributed by atoms with Crippen molar-refractivity contribution in [2.45, 2.75) is 38.3 Å². The Balaban J connectivity index is 1.50. The minimum Gasteiger partial charge on any atom is -0.396 e. The Morgan fingerprint density at radius 2 is 2.06 bits per heavy atom. The minimum absolute atomic E-state index is 0.162. The van der Waals surface area contributed by atoms with E-state index in [2.05, 4.69) is 22.3 Å². The molecule has 4 aromatic heterocycles. The second-order valence-corrected chi connectivity index (χ2v) is 8.36. The number of ether oxygens (including phenoxy) is 1. The molecule has 1 saturated carbocycles. The maximum Gasteiger partial charge on any atom is 0.218 e. The molecule has 4 aromatic rings. The van der Waals surface area contributed by atoms with Gasteiger partial charge in [0.25, 0.3) is 0 Å². The molecule has 0 radical (unpaired) electrons. The first kappa shape index (κ1) is 20.7. The average molecular weight is 437 g/mol. The molecule has 0 aromatic carbocycles. The monoisotopic (exact) mass is 436 g/mol. The van der Waals surface area contributed by atoms with Gasteiger partial charge in [0.15, 0.2) is 11.6 Å². The fraction of sp³-hybridized carbons (Fsp3) is 0.455. The summed E-state index contributed by atoms with van der Waals surface area (Å²) in [5.41, 5.74) is 3.95. The quantitative estimate of drug-likeness (QED) is 0.408. The lowest BCUT2D eigenvalue weighted by Crippen LogP contribution is -2.41. The summed E-state index contributed by atoms with van der Waals surface area (Å²) >= 11 is 0. The Morgan fingerprint density at radius 3 is 2.75 bits per heavy atom. The van der Waals surface area contributed by atoms with Gasteiger partial charge in [0.2, 0.25) is 5.82 Å². The number of aliphatic hydroxyl groups excluding tert-OH is 1. The molecule has 10 heteroatoms. The Bertz CT molecular complexity index is 1230. The third-order valence-electron chi connectivity index (χ3n) is 5.99. The molecular weight excluding hydrogens is 408 g/mol. The molecule has 168 valence electrons. The van der Waals surface area contributed by atoms with Crippen LogP contribution < -0.4 is 5.32 Å². The first-order chi connectivity index (χ1) is 15.5. The summed E-state index contributed by atoms with van der Waals surface area (Å²) in [6.45, 7) is 2.84. The number of anilines is 1. The van der Waals surface area contributed by atoms with Gasteiger partial charge in [-0.05, 0) is 37.8 Å².